The topological polar surface area (TPSA) is 85.6 Å². The van der Waals surface area contributed by atoms with Crippen LogP contribution >= 0.6 is 0 Å². The third kappa shape index (κ3) is 3.41. The van der Waals surface area contributed by atoms with Crippen molar-refractivity contribution < 1.29 is 13.2 Å². The van der Waals surface area contributed by atoms with Crippen LogP contribution in [0.5, 0.6) is 5.75 Å². The van der Waals surface area contributed by atoms with Gasteiger partial charge in [-0.25, -0.2) is 12.9 Å². The molecule has 8 heteroatoms. The summed E-state index contributed by atoms with van der Waals surface area (Å²) in [4.78, 5) is 4.77. The van der Waals surface area contributed by atoms with Crippen molar-refractivity contribution in [3.8, 4) is 17.0 Å². The van der Waals surface area contributed by atoms with Gasteiger partial charge in [0, 0.05) is 11.8 Å². The molecule has 0 aliphatic rings. The van der Waals surface area contributed by atoms with Gasteiger partial charge in [-0.15, -0.1) is 5.10 Å². The van der Waals surface area contributed by atoms with Crippen molar-refractivity contribution in [1.82, 2.24) is 14.6 Å². The van der Waals surface area contributed by atoms with Crippen molar-refractivity contribution >= 4 is 27.1 Å². The van der Waals surface area contributed by atoms with Gasteiger partial charge in [-0.1, -0.05) is 30.3 Å². The first kappa shape index (κ1) is 18.0. The smallest absolute Gasteiger partial charge is 0.247 e. The highest BCUT2D eigenvalue weighted by molar-refractivity contribution is 7.90. The minimum Gasteiger partial charge on any atom is -0.495 e. The number of hydrogen-bond acceptors (Lipinski definition) is 6. The van der Waals surface area contributed by atoms with E-state index in [-0.39, 0.29) is 4.90 Å². The summed E-state index contributed by atoms with van der Waals surface area (Å²) < 4.78 is 30.8. The Bertz CT molecular complexity index is 1270. The lowest BCUT2D eigenvalue weighted by Gasteiger charge is -2.07. The third-order valence-corrected chi connectivity index (χ3v) is 5.38. The zero-order chi connectivity index (χ0) is 19.7. The van der Waals surface area contributed by atoms with Crippen LogP contribution in [0, 0.1) is 0 Å². The number of para-hydroxylation sites is 2. The highest BCUT2D eigenvalue weighted by Gasteiger charge is 2.13. The van der Waals surface area contributed by atoms with Crippen LogP contribution in [0.2, 0.25) is 0 Å². The molecule has 0 radical (unpaired) electrons. The number of methoxy groups -OCH3 is 1. The van der Waals surface area contributed by atoms with Crippen LogP contribution in [0.15, 0.2) is 71.6 Å². The normalized spacial score (nSPS) is 11.5. The predicted octanol–water partition coefficient (Wildman–Crippen LogP) is 3.55. The quantitative estimate of drug-likeness (QED) is 0.557. The lowest BCUT2D eigenvalue weighted by Crippen LogP contribution is -1.99. The van der Waals surface area contributed by atoms with Crippen LogP contribution in [-0.4, -0.2) is 36.4 Å². The summed E-state index contributed by atoms with van der Waals surface area (Å²) in [5, 5.41) is 7.70. The van der Waals surface area contributed by atoms with Crippen LogP contribution in [0.4, 0.5) is 11.6 Å². The molecule has 4 aromatic rings. The van der Waals surface area contributed by atoms with Gasteiger partial charge in [0.15, 0.2) is 15.5 Å². The summed E-state index contributed by atoms with van der Waals surface area (Å²) in [5.41, 5.74) is 2.87. The van der Waals surface area contributed by atoms with Gasteiger partial charge in [0.05, 0.1) is 23.4 Å². The van der Waals surface area contributed by atoms with Gasteiger partial charge in [-0.2, -0.15) is 4.98 Å². The van der Waals surface area contributed by atoms with Gasteiger partial charge in [-0.3, -0.25) is 0 Å². The molecule has 0 spiro atoms. The van der Waals surface area contributed by atoms with Gasteiger partial charge in [0.1, 0.15) is 5.75 Å². The molecule has 7 nitrogen and oxygen atoms in total. The van der Waals surface area contributed by atoms with Crippen molar-refractivity contribution in [2.24, 2.45) is 0 Å². The Kier molecular flexibility index (Phi) is 4.48. The summed E-state index contributed by atoms with van der Waals surface area (Å²) in [5.74, 6) is 1.10. The Hall–Kier alpha value is -3.39. The van der Waals surface area contributed by atoms with Gasteiger partial charge in [0.2, 0.25) is 5.95 Å². The van der Waals surface area contributed by atoms with Crippen molar-refractivity contribution in [3.63, 3.8) is 0 Å². The fourth-order valence-corrected chi connectivity index (χ4v) is 3.60. The summed E-state index contributed by atoms with van der Waals surface area (Å²) in [6.07, 6.45) is 1.19. The first-order valence-corrected chi connectivity index (χ1v) is 10.4. The second kappa shape index (κ2) is 6.97. The van der Waals surface area contributed by atoms with Crippen molar-refractivity contribution in [2.45, 2.75) is 4.90 Å². The number of rotatable bonds is 5. The van der Waals surface area contributed by atoms with Crippen LogP contribution in [0.3, 0.4) is 0 Å². The van der Waals surface area contributed by atoms with Crippen LogP contribution in [-0.2, 0) is 9.84 Å². The number of ether oxygens (including phenoxy) is 1. The molecule has 142 valence electrons. The maximum absolute atomic E-state index is 11.9. The lowest BCUT2D eigenvalue weighted by atomic mass is 10.1. The molecule has 28 heavy (non-hydrogen) atoms. The number of nitrogens with one attached hydrogen (secondary N) is 1. The molecule has 0 saturated carbocycles. The minimum atomic E-state index is -3.30. The number of hydrogen-bond donors (Lipinski definition) is 1. The van der Waals surface area contributed by atoms with E-state index < -0.39 is 9.84 Å². The standard InChI is InChI=1S/C20H18N4O3S/c1-27-18-11-4-3-9-16(18)21-20-22-19-12-6-10-17(24(19)23-20)14-7-5-8-15(13-14)28(2,25)26/h3-13H,1-2H3,(H,21,23). The Morgan fingerprint density at radius 3 is 2.57 bits per heavy atom. The second-order valence-corrected chi connectivity index (χ2v) is 8.26. The second-order valence-electron chi connectivity index (χ2n) is 6.24. The maximum atomic E-state index is 11.9. The fraction of sp³-hybridized carbons (Fsp3) is 0.100. The van der Waals surface area contributed by atoms with E-state index in [2.05, 4.69) is 15.4 Å². The molecule has 2 aromatic heterocycles. The molecule has 2 aromatic carbocycles. The average Bonchev–Trinajstić information content (AvgIpc) is 3.10. The molecule has 1 N–H and O–H groups in total. The first-order valence-electron chi connectivity index (χ1n) is 8.52. The lowest BCUT2D eigenvalue weighted by molar-refractivity contribution is 0.417. The predicted molar refractivity (Wildman–Crippen MR) is 108 cm³/mol. The highest BCUT2D eigenvalue weighted by atomic mass is 32.2. The molecule has 0 fully saturated rings. The molecule has 2 heterocycles. The molecule has 0 aliphatic heterocycles. The molecule has 0 atom stereocenters. The summed E-state index contributed by atoms with van der Waals surface area (Å²) in [6, 6.07) is 19.8. The van der Waals surface area contributed by atoms with Gasteiger partial charge in [-0.05, 0) is 36.4 Å². The molecule has 0 amide bonds. The van der Waals surface area contributed by atoms with E-state index in [4.69, 9.17) is 4.74 Å². The van der Waals surface area contributed by atoms with E-state index in [0.29, 0.717) is 17.3 Å². The van der Waals surface area contributed by atoms with Crippen LogP contribution in [0.1, 0.15) is 0 Å². The highest BCUT2D eigenvalue weighted by Crippen LogP contribution is 2.27. The number of anilines is 2. The third-order valence-electron chi connectivity index (χ3n) is 4.27. The Labute approximate surface area is 162 Å². The number of fused-ring (bicyclic) bond motifs is 1. The Morgan fingerprint density at radius 2 is 1.79 bits per heavy atom. The molecule has 0 aliphatic carbocycles. The molecular formula is C20H18N4O3S. The van der Waals surface area contributed by atoms with E-state index in [1.807, 2.05) is 48.5 Å². The Morgan fingerprint density at radius 1 is 1.00 bits per heavy atom. The summed E-state index contributed by atoms with van der Waals surface area (Å²) in [7, 11) is -1.70. The Balaban J connectivity index is 1.78. The van der Waals surface area contributed by atoms with Gasteiger partial charge < -0.3 is 10.1 Å². The number of nitrogens with zero attached hydrogens (tertiary/aromatic N) is 3. The minimum absolute atomic E-state index is 0.259. The summed E-state index contributed by atoms with van der Waals surface area (Å²) >= 11 is 0. The molecular weight excluding hydrogens is 376 g/mol. The zero-order valence-corrected chi connectivity index (χ0v) is 16.1. The number of pyridine rings is 1. The van der Waals surface area contributed by atoms with Gasteiger partial charge >= 0.3 is 0 Å². The zero-order valence-electron chi connectivity index (χ0n) is 15.3. The monoisotopic (exact) mass is 394 g/mol. The van der Waals surface area contributed by atoms with Crippen molar-refractivity contribution in [2.75, 3.05) is 18.7 Å². The SMILES string of the molecule is COc1ccccc1Nc1nc2cccc(-c3cccc(S(C)(=O)=O)c3)n2n1. The molecule has 0 unspecified atom stereocenters. The van der Waals surface area contributed by atoms with E-state index in [0.717, 1.165) is 16.9 Å². The van der Waals surface area contributed by atoms with E-state index in [9.17, 15) is 8.42 Å². The van der Waals surface area contributed by atoms with Crippen LogP contribution in [0.25, 0.3) is 16.9 Å². The van der Waals surface area contributed by atoms with E-state index in [1.165, 1.54) is 6.26 Å². The maximum Gasteiger partial charge on any atom is 0.247 e. The number of benzene rings is 2. The molecule has 0 saturated heterocycles. The van der Waals surface area contributed by atoms with Crippen molar-refractivity contribution in [3.05, 3.63) is 66.7 Å². The van der Waals surface area contributed by atoms with Crippen LogP contribution < -0.4 is 10.1 Å². The first-order chi connectivity index (χ1) is 13.5. The molecule has 4 rings (SSSR count). The summed E-state index contributed by atoms with van der Waals surface area (Å²) in [6.45, 7) is 0. The molecule has 0 bridgehead atoms. The fourth-order valence-electron chi connectivity index (χ4n) is 2.93. The van der Waals surface area contributed by atoms with Gasteiger partial charge in [0.25, 0.3) is 0 Å². The number of aromatic nitrogens is 3. The van der Waals surface area contributed by atoms with E-state index >= 15 is 0 Å². The van der Waals surface area contributed by atoms with E-state index in [1.54, 1.807) is 29.8 Å². The van der Waals surface area contributed by atoms with Crippen molar-refractivity contribution in [1.29, 1.82) is 0 Å². The largest absolute Gasteiger partial charge is 0.495 e. The number of sulfone groups is 1. The average molecular weight is 394 g/mol.